The third-order valence-corrected chi connectivity index (χ3v) is 14.4. The predicted molar refractivity (Wildman–Crippen MR) is 312 cm³/mol. The average molecular weight is 1050 g/mol. The lowest BCUT2D eigenvalue weighted by Crippen LogP contribution is -2.29. The van der Waals surface area contributed by atoms with Gasteiger partial charge in [0.25, 0.3) is 0 Å². The Morgan fingerprint density at radius 3 is 1.08 bits per heavy atom. The first-order valence-electron chi connectivity index (χ1n) is 30.8. The fourth-order valence-corrected chi connectivity index (χ4v) is 9.56. The third kappa shape index (κ3) is 58.8. The molecule has 426 valence electrons. The molecule has 9 nitrogen and oxygen atoms in total. The maximum absolute atomic E-state index is 12.7. The molecule has 2 unspecified atom stereocenters. The van der Waals surface area contributed by atoms with Crippen LogP contribution < -0.4 is 5.73 Å². The van der Waals surface area contributed by atoms with Gasteiger partial charge in [-0.3, -0.25) is 18.6 Å². The van der Waals surface area contributed by atoms with Crippen LogP contribution in [0.4, 0.5) is 0 Å². The van der Waals surface area contributed by atoms with Crippen molar-refractivity contribution >= 4 is 19.8 Å². The van der Waals surface area contributed by atoms with Crippen LogP contribution in [0.15, 0.2) is 60.8 Å². The van der Waals surface area contributed by atoms with E-state index in [1.54, 1.807) is 0 Å². The highest BCUT2D eigenvalue weighted by Gasteiger charge is 2.26. The lowest BCUT2D eigenvalue weighted by Gasteiger charge is -2.19. The summed E-state index contributed by atoms with van der Waals surface area (Å²) in [6.45, 7) is 3.71. The number of allylic oxidation sites excluding steroid dienone is 10. The van der Waals surface area contributed by atoms with Gasteiger partial charge < -0.3 is 20.1 Å². The molecule has 0 aromatic rings. The minimum atomic E-state index is -4.39. The van der Waals surface area contributed by atoms with E-state index in [0.717, 1.165) is 64.2 Å². The first-order valence-corrected chi connectivity index (χ1v) is 32.3. The minimum Gasteiger partial charge on any atom is -0.462 e. The molecule has 0 aliphatic rings. The van der Waals surface area contributed by atoms with Crippen LogP contribution in [-0.4, -0.2) is 49.3 Å². The highest BCUT2D eigenvalue weighted by Crippen LogP contribution is 2.43. The van der Waals surface area contributed by atoms with Crippen molar-refractivity contribution < 1.29 is 37.6 Å². The number of carbonyl (C=O) groups excluding carboxylic acids is 2. The van der Waals surface area contributed by atoms with Crippen LogP contribution in [0.2, 0.25) is 0 Å². The highest BCUT2D eigenvalue weighted by molar-refractivity contribution is 7.47. The molecular weight excluding hydrogens is 930 g/mol. The number of hydrogen-bond donors (Lipinski definition) is 2. The van der Waals surface area contributed by atoms with E-state index in [9.17, 15) is 19.0 Å². The molecule has 0 rings (SSSR count). The zero-order valence-electron chi connectivity index (χ0n) is 47.6. The van der Waals surface area contributed by atoms with Crippen molar-refractivity contribution in [2.45, 2.75) is 302 Å². The Labute approximate surface area is 450 Å². The number of carbonyl (C=O) groups is 2. The lowest BCUT2D eigenvalue weighted by molar-refractivity contribution is -0.161. The number of nitrogens with two attached hydrogens (primary N) is 1. The van der Waals surface area contributed by atoms with Gasteiger partial charge in [0.05, 0.1) is 13.2 Å². The molecule has 0 saturated heterocycles. The average Bonchev–Trinajstić information content (AvgIpc) is 3.38. The SMILES string of the molecule is CCCCC/C=C\C/C=C\CCCCCCCC(=O)OCC(COP(=O)(O)OCCN)OC(=O)CCCCCCCCCCCCCCCCCCCCCCCC/C=C\C/C=C\C/C=C\CCCCCCC. The van der Waals surface area contributed by atoms with Crippen LogP contribution >= 0.6 is 7.82 Å². The molecular formula is C63H116NO8P. The van der Waals surface area contributed by atoms with Crippen molar-refractivity contribution in [2.75, 3.05) is 26.4 Å². The molecule has 73 heavy (non-hydrogen) atoms. The zero-order valence-corrected chi connectivity index (χ0v) is 48.5. The monoisotopic (exact) mass is 1050 g/mol. The summed E-state index contributed by atoms with van der Waals surface area (Å²) in [5.41, 5.74) is 5.38. The van der Waals surface area contributed by atoms with Gasteiger partial charge in [0.1, 0.15) is 6.61 Å². The van der Waals surface area contributed by atoms with E-state index < -0.39 is 32.5 Å². The number of ether oxygens (including phenoxy) is 2. The molecule has 0 saturated carbocycles. The Balaban J connectivity index is 3.81. The number of hydrogen-bond acceptors (Lipinski definition) is 8. The number of unbranched alkanes of at least 4 members (excludes halogenated alkanes) is 35. The van der Waals surface area contributed by atoms with E-state index in [1.807, 2.05) is 0 Å². The molecule has 0 aliphatic heterocycles. The zero-order chi connectivity index (χ0) is 53.1. The van der Waals surface area contributed by atoms with Gasteiger partial charge in [0, 0.05) is 19.4 Å². The molecule has 0 fully saturated rings. The van der Waals surface area contributed by atoms with Crippen LogP contribution in [-0.2, 0) is 32.7 Å². The maximum atomic E-state index is 12.7. The third-order valence-electron chi connectivity index (χ3n) is 13.4. The first kappa shape index (κ1) is 70.7. The highest BCUT2D eigenvalue weighted by atomic mass is 31.2. The Hall–Kier alpha value is -2.29. The summed E-state index contributed by atoms with van der Waals surface area (Å²) in [6.07, 6.45) is 74.5. The van der Waals surface area contributed by atoms with Crippen LogP contribution in [0.5, 0.6) is 0 Å². The van der Waals surface area contributed by atoms with Crippen LogP contribution in [0.25, 0.3) is 0 Å². The second-order valence-electron chi connectivity index (χ2n) is 20.6. The van der Waals surface area contributed by atoms with E-state index in [2.05, 4.69) is 74.6 Å². The van der Waals surface area contributed by atoms with Crippen molar-refractivity contribution in [3.8, 4) is 0 Å². The second-order valence-corrected chi connectivity index (χ2v) is 22.0. The maximum Gasteiger partial charge on any atom is 0.472 e. The largest absolute Gasteiger partial charge is 0.472 e. The first-order chi connectivity index (χ1) is 35.8. The van der Waals surface area contributed by atoms with Gasteiger partial charge in [0.15, 0.2) is 6.10 Å². The fraction of sp³-hybridized carbons (Fsp3) is 0.810. The van der Waals surface area contributed by atoms with Crippen molar-refractivity contribution in [1.29, 1.82) is 0 Å². The Kier molecular flexibility index (Phi) is 57.1. The van der Waals surface area contributed by atoms with Gasteiger partial charge in [-0.15, -0.1) is 0 Å². The topological polar surface area (TPSA) is 134 Å². The van der Waals surface area contributed by atoms with E-state index in [0.29, 0.717) is 12.8 Å². The summed E-state index contributed by atoms with van der Waals surface area (Å²) in [4.78, 5) is 35.1. The van der Waals surface area contributed by atoms with Gasteiger partial charge in [0.2, 0.25) is 0 Å². The molecule has 0 spiro atoms. The molecule has 10 heteroatoms. The van der Waals surface area contributed by atoms with Gasteiger partial charge >= 0.3 is 19.8 Å². The fourth-order valence-electron chi connectivity index (χ4n) is 8.79. The molecule has 3 N–H and O–H groups in total. The molecule has 0 aliphatic carbocycles. The summed E-state index contributed by atoms with van der Waals surface area (Å²) in [5.74, 6) is -0.834. The summed E-state index contributed by atoms with van der Waals surface area (Å²) < 4.78 is 33.0. The van der Waals surface area contributed by atoms with E-state index >= 15 is 0 Å². The summed E-state index contributed by atoms with van der Waals surface area (Å²) in [7, 11) is -4.39. The van der Waals surface area contributed by atoms with Gasteiger partial charge in [-0.1, -0.05) is 261 Å². The van der Waals surface area contributed by atoms with E-state index in [1.165, 1.54) is 193 Å². The van der Waals surface area contributed by atoms with E-state index in [-0.39, 0.29) is 32.6 Å². The molecule has 0 amide bonds. The molecule has 0 bridgehead atoms. The quantitative estimate of drug-likeness (QED) is 0.0264. The van der Waals surface area contributed by atoms with Gasteiger partial charge in [-0.2, -0.15) is 0 Å². The molecule has 0 aromatic carbocycles. The van der Waals surface area contributed by atoms with Crippen molar-refractivity contribution in [3.05, 3.63) is 60.8 Å². The molecule has 0 aromatic heterocycles. The van der Waals surface area contributed by atoms with Crippen molar-refractivity contribution in [3.63, 3.8) is 0 Å². The lowest BCUT2D eigenvalue weighted by atomic mass is 10.0. The summed E-state index contributed by atoms with van der Waals surface area (Å²) in [6, 6.07) is 0. The number of phosphoric acid groups is 1. The summed E-state index contributed by atoms with van der Waals surface area (Å²) in [5, 5.41) is 0. The number of esters is 2. The normalized spacial score (nSPS) is 13.4. The second kappa shape index (κ2) is 59.0. The smallest absolute Gasteiger partial charge is 0.462 e. The summed E-state index contributed by atoms with van der Waals surface area (Å²) >= 11 is 0. The molecule has 2 atom stereocenters. The standard InChI is InChI=1S/C63H116NO8P/c1-3-5-7-9-11-13-15-17-19-20-21-22-23-24-25-26-27-28-29-30-31-32-33-34-35-36-37-38-39-40-42-44-46-48-50-52-54-56-63(66)72-61(60-71-73(67,68)70-58-57-64)59-69-62(65)55-53-51-49-47-45-43-41-18-16-14-12-10-8-6-4-2/h12,14-15,17-18,20-21,23-24,41,61H,3-11,13,16,19,22,25-40,42-60,64H2,1-2H3,(H,67,68)/b14-12-,17-15-,21-20-,24-23-,41-18-. The Morgan fingerprint density at radius 1 is 0.411 bits per heavy atom. The predicted octanol–water partition coefficient (Wildman–Crippen LogP) is 19.5. The minimum absolute atomic E-state index is 0.0513. The number of phosphoric ester groups is 1. The van der Waals surface area contributed by atoms with Gasteiger partial charge in [-0.05, 0) is 83.5 Å². The van der Waals surface area contributed by atoms with Crippen LogP contribution in [0.3, 0.4) is 0 Å². The molecule has 0 radical (unpaired) electrons. The van der Waals surface area contributed by atoms with Crippen molar-refractivity contribution in [1.82, 2.24) is 0 Å². The van der Waals surface area contributed by atoms with Gasteiger partial charge in [-0.25, -0.2) is 4.57 Å². The molecule has 0 heterocycles. The van der Waals surface area contributed by atoms with Crippen LogP contribution in [0, 0.1) is 0 Å². The Bertz CT molecular complexity index is 1380. The van der Waals surface area contributed by atoms with E-state index in [4.69, 9.17) is 24.3 Å². The van der Waals surface area contributed by atoms with Crippen molar-refractivity contribution in [2.24, 2.45) is 5.73 Å². The van der Waals surface area contributed by atoms with Crippen LogP contribution in [0.1, 0.15) is 296 Å². The Morgan fingerprint density at radius 2 is 0.712 bits per heavy atom. The number of rotatable bonds is 58.